The average Bonchev–Trinajstić information content (AvgIpc) is 2.84. The van der Waals surface area contributed by atoms with Crippen molar-refractivity contribution in [3.8, 4) is 0 Å². The highest BCUT2D eigenvalue weighted by Crippen LogP contribution is 2.16. The highest BCUT2D eigenvalue weighted by Gasteiger charge is 2.05. The molecule has 0 bridgehead atoms. The molecule has 0 aliphatic rings. The molecule has 2 aromatic rings. The maximum absolute atomic E-state index is 13.6. The number of halogens is 2. The fourth-order valence-electron chi connectivity index (χ4n) is 1.96. The van der Waals surface area contributed by atoms with E-state index < -0.39 is 0 Å². The summed E-state index contributed by atoms with van der Waals surface area (Å²) in [6.07, 6.45) is 2.41. The van der Waals surface area contributed by atoms with Gasteiger partial charge in [0.2, 0.25) is 0 Å². The molecule has 0 aromatic carbocycles. The van der Waals surface area contributed by atoms with E-state index >= 15 is 0 Å². The Kier molecular flexibility index (Phi) is 9.12. The standard InChI is InChI=1S/C16H22FN5S.HI/c1-4-18-16(21-10-14-13(17)6-5-8-19-14)20-9-7-15-22-11(2)12(3)23-15;/h5-6,8H,4,7,9-10H2,1-3H3,(H2,18,20,21);1H. The van der Waals surface area contributed by atoms with Crippen LogP contribution in [-0.4, -0.2) is 29.0 Å². The van der Waals surface area contributed by atoms with E-state index in [1.807, 2.05) is 13.8 Å². The van der Waals surface area contributed by atoms with Gasteiger partial charge in [0.05, 0.1) is 22.9 Å². The lowest BCUT2D eigenvalue weighted by Crippen LogP contribution is -2.38. The average molecular weight is 463 g/mol. The first kappa shape index (κ1) is 20.8. The molecule has 0 fully saturated rings. The van der Waals surface area contributed by atoms with Gasteiger partial charge >= 0.3 is 0 Å². The van der Waals surface area contributed by atoms with Crippen LogP contribution in [0.2, 0.25) is 0 Å². The van der Waals surface area contributed by atoms with E-state index in [1.54, 1.807) is 23.6 Å². The molecule has 0 aliphatic carbocycles. The first-order valence-electron chi connectivity index (χ1n) is 7.64. The van der Waals surface area contributed by atoms with E-state index in [0.29, 0.717) is 11.7 Å². The summed E-state index contributed by atoms with van der Waals surface area (Å²) >= 11 is 1.72. The minimum atomic E-state index is -0.333. The zero-order valence-corrected chi connectivity index (χ0v) is 17.2. The number of nitrogens with one attached hydrogen (secondary N) is 2. The van der Waals surface area contributed by atoms with Crippen LogP contribution in [0.4, 0.5) is 4.39 Å². The van der Waals surface area contributed by atoms with Crippen LogP contribution in [0.3, 0.4) is 0 Å². The number of aryl methyl sites for hydroxylation is 2. The zero-order valence-electron chi connectivity index (χ0n) is 14.1. The van der Waals surface area contributed by atoms with Gasteiger partial charge in [0.1, 0.15) is 5.82 Å². The van der Waals surface area contributed by atoms with Crippen LogP contribution in [0.25, 0.3) is 0 Å². The number of thiazole rings is 1. The van der Waals surface area contributed by atoms with Crippen molar-refractivity contribution in [3.05, 3.63) is 45.4 Å². The van der Waals surface area contributed by atoms with Gasteiger partial charge in [-0.1, -0.05) is 0 Å². The summed E-state index contributed by atoms with van der Waals surface area (Å²) < 4.78 is 13.6. The Labute approximate surface area is 163 Å². The van der Waals surface area contributed by atoms with Crippen molar-refractivity contribution in [2.75, 3.05) is 13.1 Å². The number of pyridine rings is 1. The Bertz CT molecular complexity index is 655. The predicted molar refractivity (Wildman–Crippen MR) is 108 cm³/mol. The van der Waals surface area contributed by atoms with Crippen LogP contribution >= 0.6 is 35.3 Å². The van der Waals surface area contributed by atoms with Crippen LogP contribution in [0.5, 0.6) is 0 Å². The van der Waals surface area contributed by atoms with Crippen molar-refractivity contribution < 1.29 is 4.39 Å². The number of hydrogen-bond donors (Lipinski definition) is 2. The fourth-order valence-corrected chi connectivity index (χ4v) is 2.90. The molecule has 8 heteroatoms. The summed E-state index contributed by atoms with van der Waals surface area (Å²) in [6.45, 7) is 7.77. The number of guanidine groups is 1. The summed E-state index contributed by atoms with van der Waals surface area (Å²) in [4.78, 5) is 14.2. The van der Waals surface area contributed by atoms with E-state index in [1.165, 1.54) is 10.9 Å². The molecule has 2 rings (SSSR count). The molecular weight excluding hydrogens is 440 g/mol. The molecule has 0 amide bonds. The monoisotopic (exact) mass is 463 g/mol. The molecule has 5 nitrogen and oxygen atoms in total. The molecule has 0 spiro atoms. The first-order valence-corrected chi connectivity index (χ1v) is 8.46. The summed E-state index contributed by atoms with van der Waals surface area (Å²) in [5.41, 5.74) is 1.44. The Morgan fingerprint density at radius 1 is 1.33 bits per heavy atom. The van der Waals surface area contributed by atoms with Gasteiger partial charge in [-0.05, 0) is 32.9 Å². The smallest absolute Gasteiger partial charge is 0.191 e. The number of hydrogen-bond acceptors (Lipinski definition) is 4. The molecule has 2 N–H and O–H groups in total. The number of rotatable bonds is 6. The molecule has 0 aliphatic heterocycles. The van der Waals surface area contributed by atoms with Gasteiger partial charge in [0.15, 0.2) is 5.96 Å². The SMILES string of the molecule is CCNC(=NCc1ncccc1F)NCCc1nc(C)c(C)s1.I. The van der Waals surface area contributed by atoms with E-state index in [-0.39, 0.29) is 36.3 Å². The van der Waals surface area contributed by atoms with Crippen molar-refractivity contribution in [3.63, 3.8) is 0 Å². The summed E-state index contributed by atoms with van der Waals surface area (Å²) in [5, 5.41) is 7.50. The summed E-state index contributed by atoms with van der Waals surface area (Å²) in [7, 11) is 0. The lowest BCUT2D eigenvalue weighted by molar-refractivity contribution is 0.599. The quantitative estimate of drug-likeness (QED) is 0.393. The number of nitrogens with zero attached hydrogens (tertiary/aromatic N) is 3. The van der Waals surface area contributed by atoms with Crippen LogP contribution < -0.4 is 10.6 Å². The topological polar surface area (TPSA) is 62.2 Å². The largest absolute Gasteiger partial charge is 0.357 e. The second-order valence-electron chi connectivity index (χ2n) is 5.05. The summed E-state index contributed by atoms with van der Waals surface area (Å²) in [5.74, 6) is 0.323. The van der Waals surface area contributed by atoms with Crippen molar-refractivity contribution in [1.82, 2.24) is 20.6 Å². The third-order valence-corrected chi connectivity index (χ3v) is 4.40. The van der Waals surface area contributed by atoms with Crippen LogP contribution in [0.15, 0.2) is 23.3 Å². The normalized spacial score (nSPS) is 11.1. The number of aromatic nitrogens is 2. The van der Waals surface area contributed by atoms with Gasteiger partial charge in [-0.2, -0.15) is 0 Å². The summed E-state index contributed by atoms with van der Waals surface area (Å²) in [6, 6.07) is 2.97. The van der Waals surface area contributed by atoms with Crippen molar-refractivity contribution in [2.24, 2.45) is 4.99 Å². The minimum absolute atomic E-state index is 0. The Morgan fingerprint density at radius 2 is 2.12 bits per heavy atom. The molecule has 24 heavy (non-hydrogen) atoms. The van der Waals surface area contributed by atoms with E-state index in [9.17, 15) is 4.39 Å². The highest BCUT2D eigenvalue weighted by atomic mass is 127. The molecule has 0 saturated carbocycles. The molecular formula is C16H23FIN5S. The van der Waals surface area contributed by atoms with Crippen molar-refractivity contribution in [1.29, 1.82) is 0 Å². The van der Waals surface area contributed by atoms with Gasteiger partial charge in [-0.15, -0.1) is 35.3 Å². The van der Waals surface area contributed by atoms with Crippen LogP contribution in [0, 0.1) is 19.7 Å². The molecule has 132 valence electrons. The third kappa shape index (κ3) is 6.31. The molecule has 2 aromatic heterocycles. The second-order valence-corrected chi connectivity index (χ2v) is 6.34. The van der Waals surface area contributed by atoms with Gasteiger partial charge in [0.25, 0.3) is 0 Å². The first-order chi connectivity index (χ1) is 11.1. The maximum Gasteiger partial charge on any atom is 0.191 e. The van der Waals surface area contributed by atoms with Gasteiger partial charge in [0, 0.05) is 30.6 Å². The van der Waals surface area contributed by atoms with Gasteiger partial charge in [-0.25, -0.2) is 14.4 Å². The van der Waals surface area contributed by atoms with Gasteiger partial charge < -0.3 is 10.6 Å². The molecule has 0 unspecified atom stereocenters. The fraction of sp³-hybridized carbons (Fsp3) is 0.438. The van der Waals surface area contributed by atoms with Crippen molar-refractivity contribution in [2.45, 2.75) is 33.7 Å². The molecule has 0 atom stereocenters. The maximum atomic E-state index is 13.6. The highest BCUT2D eigenvalue weighted by molar-refractivity contribution is 14.0. The van der Waals surface area contributed by atoms with Gasteiger partial charge in [-0.3, -0.25) is 4.98 Å². The Morgan fingerprint density at radius 3 is 2.75 bits per heavy atom. The Hall–Kier alpha value is -1.29. The lowest BCUT2D eigenvalue weighted by Gasteiger charge is -2.10. The van der Waals surface area contributed by atoms with Crippen molar-refractivity contribution >= 4 is 41.3 Å². The minimum Gasteiger partial charge on any atom is -0.357 e. The van der Waals surface area contributed by atoms with E-state index in [4.69, 9.17) is 0 Å². The molecule has 0 saturated heterocycles. The third-order valence-electron chi connectivity index (χ3n) is 3.27. The predicted octanol–water partition coefficient (Wildman–Crippen LogP) is 3.21. The van der Waals surface area contributed by atoms with Crippen LogP contribution in [-0.2, 0) is 13.0 Å². The lowest BCUT2D eigenvalue weighted by atomic mass is 10.3. The van der Waals surface area contributed by atoms with E-state index in [0.717, 1.165) is 30.2 Å². The zero-order chi connectivity index (χ0) is 16.7. The Balaban J connectivity index is 0.00000288. The van der Waals surface area contributed by atoms with E-state index in [2.05, 4.69) is 32.5 Å². The number of aliphatic imine (C=N–C) groups is 1. The molecule has 2 heterocycles. The molecule has 0 radical (unpaired) electrons. The second kappa shape index (κ2) is 10.5. The van der Waals surface area contributed by atoms with Crippen LogP contribution in [0.1, 0.15) is 28.2 Å².